The van der Waals surface area contributed by atoms with Crippen molar-refractivity contribution in [3.63, 3.8) is 0 Å². The molecule has 2 aromatic rings. The third kappa shape index (κ3) is 2.28. The van der Waals surface area contributed by atoms with Crippen molar-refractivity contribution in [3.8, 4) is 6.07 Å². The first kappa shape index (κ1) is 12.4. The number of nitrogens with zero attached hydrogens (tertiary/aromatic N) is 3. The molecule has 5 heteroatoms. The number of nitrogens with one attached hydrogen (secondary N) is 1. The minimum absolute atomic E-state index is 0.00130. The average molecular weight is 265 g/mol. The van der Waals surface area contributed by atoms with Gasteiger partial charge in [-0.05, 0) is 30.9 Å². The van der Waals surface area contributed by atoms with Crippen LogP contribution in [0, 0.1) is 11.3 Å². The van der Waals surface area contributed by atoms with Crippen LogP contribution < -0.4 is 11.1 Å². The van der Waals surface area contributed by atoms with Crippen LogP contribution in [0.25, 0.3) is 0 Å². The Bertz CT molecular complexity index is 674. The van der Waals surface area contributed by atoms with Crippen molar-refractivity contribution >= 4 is 11.6 Å². The fourth-order valence-electron chi connectivity index (χ4n) is 2.60. The van der Waals surface area contributed by atoms with Gasteiger partial charge in [-0.3, -0.25) is 0 Å². The predicted octanol–water partition coefficient (Wildman–Crippen LogP) is 2.42. The summed E-state index contributed by atoms with van der Waals surface area (Å²) in [5.41, 5.74) is 9.25. The zero-order valence-corrected chi connectivity index (χ0v) is 11.0. The third-order valence-electron chi connectivity index (χ3n) is 3.57. The molecule has 1 aliphatic rings. The SMILES string of the molecule is N#Cc1cnc(N)nc1C1CCCc2ccccc2N1. The van der Waals surface area contributed by atoms with E-state index in [1.54, 1.807) is 0 Å². The summed E-state index contributed by atoms with van der Waals surface area (Å²) in [6.45, 7) is 0. The van der Waals surface area contributed by atoms with Crippen LogP contribution in [-0.2, 0) is 6.42 Å². The number of aryl methyl sites for hydroxylation is 1. The van der Waals surface area contributed by atoms with Gasteiger partial charge in [0.2, 0.25) is 5.95 Å². The van der Waals surface area contributed by atoms with E-state index < -0.39 is 0 Å². The molecule has 0 spiro atoms. The summed E-state index contributed by atoms with van der Waals surface area (Å²) in [7, 11) is 0. The molecule has 2 heterocycles. The highest BCUT2D eigenvalue weighted by atomic mass is 15.0. The highest BCUT2D eigenvalue weighted by Crippen LogP contribution is 2.31. The zero-order valence-electron chi connectivity index (χ0n) is 11.0. The van der Waals surface area contributed by atoms with E-state index in [0.29, 0.717) is 11.3 Å². The number of benzene rings is 1. The van der Waals surface area contributed by atoms with Gasteiger partial charge in [-0.2, -0.15) is 5.26 Å². The molecule has 1 atom stereocenters. The molecule has 0 radical (unpaired) electrons. The first-order valence-electron chi connectivity index (χ1n) is 6.65. The molecule has 3 N–H and O–H groups in total. The molecule has 0 aliphatic carbocycles. The summed E-state index contributed by atoms with van der Waals surface area (Å²) in [5, 5.41) is 12.7. The lowest BCUT2D eigenvalue weighted by Gasteiger charge is -2.18. The Morgan fingerprint density at radius 3 is 3.05 bits per heavy atom. The lowest BCUT2D eigenvalue weighted by atomic mass is 10.0. The van der Waals surface area contributed by atoms with E-state index in [2.05, 4.69) is 33.5 Å². The van der Waals surface area contributed by atoms with Crippen LogP contribution in [-0.4, -0.2) is 9.97 Å². The largest absolute Gasteiger partial charge is 0.376 e. The Labute approximate surface area is 117 Å². The number of rotatable bonds is 1. The number of nitrogen functional groups attached to an aromatic ring is 1. The van der Waals surface area contributed by atoms with E-state index >= 15 is 0 Å². The van der Waals surface area contributed by atoms with Gasteiger partial charge in [-0.1, -0.05) is 18.2 Å². The minimum atomic E-state index is -0.00130. The maximum absolute atomic E-state index is 9.21. The minimum Gasteiger partial charge on any atom is -0.376 e. The van der Waals surface area contributed by atoms with E-state index in [1.807, 2.05) is 12.1 Å². The molecule has 20 heavy (non-hydrogen) atoms. The average Bonchev–Trinajstić information content (AvgIpc) is 2.69. The summed E-state index contributed by atoms with van der Waals surface area (Å²) < 4.78 is 0. The van der Waals surface area contributed by atoms with Crippen molar-refractivity contribution < 1.29 is 0 Å². The van der Waals surface area contributed by atoms with Crippen molar-refractivity contribution in [2.45, 2.75) is 25.3 Å². The number of aromatic nitrogens is 2. The Balaban J connectivity index is 2.00. The van der Waals surface area contributed by atoms with Crippen LogP contribution in [0.1, 0.15) is 35.7 Å². The second kappa shape index (κ2) is 5.17. The van der Waals surface area contributed by atoms with E-state index in [0.717, 1.165) is 24.9 Å². The van der Waals surface area contributed by atoms with Crippen molar-refractivity contribution in [2.75, 3.05) is 11.1 Å². The van der Waals surface area contributed by atoms with Crippen LogP contribution >= 0.6 is 0 Å². The molecule has 0 saturated carbocycles. The topological polar surface area (TPSA) is 87.6 Å². The molecular weight excluding hydrogens is 250 g/mol. The molecule has 0 amide bonds. The van der Waals surface area contributed by atoms with Gasteiger partial charge in [0.25, 0.3) is 0 Å². The van der Waals surface area contributed by atoms with Gasteiger partial charge in [0.05, 0.1) is 23.5 Å². The molecule has 0 saturated heterocycles. The number of anilines is 2. The van der Waals surface area contributed by atoms with Gasteiger partial charge in [-0.15, -0.1) is 0 Å². The number of nitriles is 1. The highest BCUT2D eigenvalue weighted by molar-refractivity contribution is 5.54. The van der Waals surface area contributed by atoms with Gasteiger partial charge < -0.3 is 11.1 Å². The number of nitrogens with two attached hydrogens (primary N) is 1. The molecule has 5 nitrogen and oxygen atoms in total. The summed E-state index contributed by atoms with van der Waals surface area (Å²) in [5.74, 6) is 0.207. The number of hydrogen-bond donors (Lipinski definition) is 2. The maximum Gasteiger partial charge on any atom is 0.220 e. The maximum atomic E-state index is 9.21. The lowest BCUT2D eigenvalue weighted by Crippen LogP contribution is -2.14. The van der Waals surface area contributed by atoms with Gasteiger partial charge in [-0.25, -0.2) is 9.97 Å². The Morgan fingerprint density at radius 2 is 2.20 bits per heavy atom. The Morgan fingerprint density at radius 1 is 1.35 bits per heavy atom. The fraction of sp³-hybridized carbons (Fsp3) is 0.267. The van der Waals surface area contributed by atoms with Crippen molar-refractivity contribution in [3.05, 3.63) is 47.3 Å². The quantitative estimate of drug-likeness (QED) is 0.826. The zero-order chi connectivity index (χ0) is 13.9. The van der Waals surface area contributed by atoms with E-state index in [9.17, 15) is 5.26 Å². The first-order chi connectivity index (χ1) is 9.78. The van der Waals surface area contributed by atoms with Crippen LogP contribution in [0.2, 0.25) is 0 Å². The summed E-state index contributed by atoms with van der Waals surface area (Å²) in [6.07, 6.45) is 4.49. The molecule has 1 unspecified atom stereocenters. The van der Waals surface area contributed by atoms with Gasteiger partial charge in [0.15, 0.2) is 0 Å². The molecule has 3 rings (SSSR count). The fourth-order valence-corrected chi connectivity index (χ4v) is 2.60. The van der Waals surface area contributed by atoms with Gasteiger partial charge in [0.1, 0.15) is 6.07 Å². The van der Waals surface area contributed by atoms with E-state index in [1.165, 1.54) is 11.8 Å². The normalized spacial score (nSPS) is 17.4. The first-order valence-corrected chi connectivity index (χ1v) is 6.65. The monoisotopic (exact) mass is 265 g/mol. The Hall–Kier alpha value is -2.61. The van der Waals surface area contributed by atoms with Crippen LogP contribution in [0.4, 0.5) is 11.6 Å². The number of para-hydroxylation sites is 1. The smallest absolute Gasteiger partial charge is 0.220 e. The molecule has 1 aromatic carbocycles. The molecular formula is C15H15N5. The van der Waals surface area contributed by atoms with E-state index in [4.69, 9.17) is 5.73 Å². The van der Waals surface area contributed by atoms with Crippen LogP contribution in [0.5, 0.6) is 0 Å². The van der Waals surface area contributed by atoms with Crippen LogP contribution in [0.15, 0.2) is 30.5 Å². The molecule has 1 aromatic heterocycles. The number of fused-ring (bicyclic) bond motifs is 1. The molecule has 0 fully saturated rings. The lowest BCUT2D eigenvalue weighted by molar-refractivity contribution is 0.645. The number of hydrogen-bond acceptors (Lipinski definition) is 5. The Kier molecular flexibility index (Phi) is 3.21. The third-order valence-corrected chi connectivity index (χ3v) is 3.57. The molecule has 0 bridgehead atoms. The summed E-state index contributed by atoms with van der Waals surface area (Å²) >= 11 is 0. The highest BCUT2D eigenvalue weighted by Gasteiger charge is 2.21. The van der Waals surface area contributed by atoms with Gasteiger partial charge >= 0.3 is 0 Å². The second-order valence-electron chi connectivity index (χ2n) is 4.89. The van der Waals surface area contributed by atoms with Gasteiger partial charge in [0, 0.05) is 5.69 Å². The predicted molar refractivity (Wildman–Crippen MR) is 76.9 cm³/mol. The molecule has 1 aliphatic heterocycles. The summed E-state index contributed by atoms with van der Waals surface area (Å²) in [6, 6.07) is 10.4. The van der Waals surface area contributed by atoms with Crippen molar-refractivity contribution in [2.24, 2.45) is 0 Å². The van der Waals surface area contributed by atoms with E-state index in [-0.39, 0.29) is 12.0 Å². The van der Waals surface area contributed by atoms with Crippen molar-refractivity contribution in [1.29, 1.82) is 5.26 Å². The van der Waals surface area contributed by atoms with Crippen LogP contribution in [0.3, 0.4) is 0 Å². The summed E-state index contributed by atoms with van der Waals surface area (Å²) in [4.78, 5) is 8.15. The molecule has 100 valence electrons. The second-order valence-corrected chi connectivity index (χ2v) is 4.89. The van der Waals surface area contributed by atoms with Crippen molar-refractivity contribution in [1.82, 2.24) is 9.97 Å². The standard InChI is InChI=1S/C15H15N5/c16-8-11-9-18-15(17)20-14(11)13-7-3-5-10-4-1-2-6-12(10)19-13/h1-2,4,6,9,13,19H,3,5,7H2,(H2,17,18,20).